The second-order valence-corrected chi connectivity index (χ2v) is 15.0. The van der Waals surface area contributed by atoms with E-state index in [1.165, 1.54) is 108 Å². The van der Waals surface area contributed by atoms with E-state index in [4.69, 9.17) is 0 Å². The third kappa shape index (κ3) is 3.67. The highest BCUT2D eigenvalue weighted by Crippen LogP contribution is 2.47. The summed E-state index contributed by atoms with van der Waals surface area (Å²) in [6.07, 6.45) is 0. The largest absolute Gasteiger partial charge is 0.309 e. The Labute approximate surface area is 308 Å². The minimum absolute atomic E-state index is 0.236. The SMILES string of the molecule is Fc1ccc(-n2c3ccc(-c4cc5ccc6cccc7ccc(c4)c5c67)c4ccc5c(-c6cc7ccc8cccc9ccc(c6)c7c89)ccc2c5c43)cc1. The Bertz CT molecular complexity index is 3320. The van der Waals surface area contributed by atoms with Crippen LogP contribution in [0.2, 0.25) is 0 Å². The molecule has 0 amide bonds. The highest BCUT2D eigenvalue weighted by molar-refractivity contribution is 6.30. The van der Waals surface area contributed by atoms with Crippen molar-refractivity contribution in [3.8, 4) is 27.9 Å². The molecule has 0 bridgehead atoms. The molecule has 0 spiro atoms. The van der Waals surface area contributed by atoms with Crippen molar-refractivity contribution in [2.75, 3.05) is 0 Å². The number of benzene rings is 12. The molecule has 1 nitrogen and oxygen atoms in total. The van der Waals surface area contributed by atoms with Gasteiger partial charge in [0, 0.05) is 16.5 Å². The van der Waals surface area contributed by atoms with Gasteiger partial charge in [-0.3, -0.25) is 0 Å². The number of rotatable bonds is 3. The third-order valence-electron chi connectivity index (χ3n) is 12.2. The maximum Gasteiger partial charge on any atom is 0.123 e. The van der Waals surface area contributed by atoms with Crippen LogP contribution in [0.1, 0.15) is 0 Å². The van der Waals surface area contributed by atoms with Gasteiger partial charge in [0.1, 0.15) is 5.82 Å². The summed E-state index contributed by atoms with van der Waals surface area (Å²) in [7, 11) is 0. The van der Waals surface area contributed by atoms with Crippen LogP contribution in [0, 0.1) is 5.82 Å². The van der Waals surface area contributed by atoms with E-state index < -0.39 is 0 Å². The van der Waals surface area contributed by atoms with Crippen LogP contribution in [0.3, 0.4) is 0 Å². The van der Waals surface area contributed by atoms with Gasteiger partial charge in [-0.25, -0.2) is 4.39 Å². The number of nitrogens with zero attached hydrogens (tertiary/aromatic N) is 1. The molecule has 13 rings (SSSR count). The monoisotopic (exact) mass is 685 g/mol. The molecule has 248 valence electrons. The maximum absolute atomic E-state index is 14.3. The minimum atomic E-state index is -0.236. The van der Waals surface area contributed by atoms with Crippen molar-refractivity contribution < 1.29 is 4.39 Å². The van der Waals surface area contributed by atoms with Crippen molar-refractivity contribution in [1.29, 1.82) is 0 Å². The number of hydrogen-bond acceptors (Lipinski definition) is 0. The fraction of sp³-hybridized carbons (Fsp3) is 0. The van der Waals surface area contributed by atoms with Gasteiger partial charge in [0.05, 0.1) is 11.0 Å². The summed E-state index contributed by atoms with van der Waals surface area (Å²) in [6, 6.07) is 61.3. The van der Waals surface area contributed by atoms with E-state index >= 15 is 0 Å². The van der Waals surface area contributed by atoms with Gasteiger partial charge in [-0.2, -0.15) is 0 Å². The maximum atomic E-state index is 14.3. The van der Waals surface area contributed by atoms with Crippen LogP contribution < -0.4 is 0 Å². The van der Waals surface area contributed by atoms with Crippen molar-refractivity contribution in [1.82, 2.24) is 4.57 Å². The van der Waals surface area contributed by atoms with E-state index in [-0.39, 0.29) is 5.82 Å². The summed E-state index contributed by atoms with van der Waals surface area (Å²) >= 11 is 0. The predicted molar refractivity (Wildman–Crippen MR) is 228 cm³/mol. The molecule has 12 aromatic carbocycles. The van der Waals surface area contributed by atoms with E-state index in [2.05, 4.69) is 150 Å². The van der Waals surface area contributed by atoms with Gasteiger partial charge in [0.2, 0.25) is 0 Å². The van der Waals surface area contributed by atoms with Crippen LogP contribution in [0.15, 0.2) is 170 Å². The molecular formula is C52H28FN. The van der Waals surface area contributed by atoms with Gasteiger partial charge in [-0.05, 0) is 158 Å². The number of aromatic nitrogens is 1. The van der Waals surface area contributed by atoms with Gasteiger partial charge in [0.25, 0.3) is 0 Å². The van der Waals surface area contributed by atoms with Gasteiger partial charge in [0.15, 0.2) is 0 Å². The first-order chi connectivity index (χ1) is 26.7. The Kier molecular flexibility index (Phi) is 5.34. The molecule has 1 aromatic heterocycles. The lowest BCUT2D eigenvalue weighted by molar-refractivity contribution is 0.627. The first kappa shape index (κ1) is 28.5. The van der Waals surface area contributed by atoms with Crippen LogP contribution in [0.4, 0.5) is 4.39 Å². The molecule has 0 aliphatic heterocycles. The van der Waals surface area contributed by atoms with E-state index in [9.17, 15) is 4.39 Å². The van der Waals surface area contributed by atoms with Gasteiger partial charge < -0.3 is 4.57 Å². The van der Waals surface area contributed by atoms with Crippen molar-refractivity contribution in [2.24, 2.45) is 0 Å². The molecule has 0 aliphatic rings. The van der Waals surface area contributed by atoms with E-state index in [1.807, 2.05) is 12.1 Å². The van der Waals surface area contributed by atoms with Crippen molar-refractivity contribution >= 4 is 97.2 Å². The topological polar surface area (TPSA) is 4.93 Å². The third-order valence-corrected chi connectivity index (χ3v) is 12.2. The Hall–Kier alpha value is -7.03. The minimum Gasteiger partial charge on any atom is -0.309 e. The smallest absolute Gasteiger partial charge is 0.123 e. The van der Waals surface area contributed by atoms with Gasteiger partial charge in [-0.15, -0.1) is 0 Å². The van der Waals surface area contributed by atoms with Crippen molar-refractivity contribution in [3.05, 3.63) is 176 Å². The molecule has 0 saturated carbocycles. The van der Waals surface area contributed by atoms with Gasteiger partial charge in [-0.1, -0.05) is 109 Å². The summed E-state index contributed by atoms with van der Waals surface area (Å²) < 4.78 is 16.6. The highest BCUT2D eigenvalue weighted by Gasteiger charge is 2.22. The molecule has 0 saturated heterocycles. The zero-order valence-corrected chi connectivity index (χ0v) is 29.0. The average Bonchev–Trinajstić information content (AvgIpc) is 3.56. The molecule has 0 N–H and O–H groups in total. The second kappa shape index (κ2) is 10.1. The predicted octanol–water partition coefficient (Wildman–Crippen LogP) is 14.6. The first-order valence-electron chi connectivity index (χ1n) is 18.6. The molecule has 0 atom stereocenters. The lowest BCUT2D eigenvalue weighted by Gasteiger charge is -2.15. The van der Waals surface area contributed by atoms with E-state index in [1.54, 1.807) is 12.1 Å². The van der Waals surface area contributed by atoms with Crippen LogP contribution in [-0.2, 0) is 0 Å². The Balaban J connectivity index is 1.10. The summed E-state index contributed by atoms with van der Waals surface area (Å²) in [5.41, 5.74) is 8.01. The quantitative estimate of drug-likeness (QED) is 0.163. The fourth-order valence-electron chi connectivity index (χ4n) is 9.95. The number of hydrogen-bond donors (Lipinski definition) is 0. The Morgan fingerprint density at radius 2 is 0.685 bits per heavy atom. The van der Waals surface area contributed by atoms with Crippen LogP contribution in [-0.4, -0.2) is 4.57 Å². The van der Waals surface area contributed by atoms with Crippen LogP contribution in [0.25, 0.3) is 125 Å². The van der Waals surface area contributed by atoms with E-state index in [0.29, 0.717) is 0 Å². The summed E-state index contributed by atoms with van der Waals surface area (Å²) in [5.74, 6) is -0.236. The molecule has 0 aliphatic carbocycles. The molecule has 2 heteroatoms. The lowest BCUT2D eigenvalue weighted by Crippen LogP contribution is -1.94. The molecule has 13 aromatic rings. The highest BCUT2D eigenvalue weighted by atomic mass is 19.1. The van der Waals surface area contributed by atoms with Gasteiger partial charge >= 0.3 is 0 Å². The zero-order chi connectivity index (χ0) is 35.2. The van der Waals surface area contributed by atoms with Crippen molar-refractivity contribution in [3.63, 3.8) is 0 Å². The summed E-state index contributed by atoms with van der Waals surface area (Å²) in [6.45, 7) is 0. The molecule has 1 heterocycles. The standard InChI is InChI=1S/C52H28FN/c53-39-15-17-40(18-16-39)54-45-23-21-41(37-25-33-11-7-29-3-1-4-30-8-12-34(26-37)49(33)47(29)30)43-19-20-44-42(22-24-46(54)52(44)51(43)45)38-27-35-13-9-31-5-2-6-32-10-14-36(28-38)50(35)48(31)32/h1-28H. The summed E-state index contributed by atoms with van der Waals surface area (Å²) in [4.78, 5) is 0. The average molecular weight is 686 g/mol. The van der Waals surface area contributed by atoms with E-state index in [0.717, 1.165) is 16.7 Å². The first-order valence-corrected chi connectivity index (χ1v) is 18.6. The fourth-order valence-corrected chi connectivity index (χ4v) is 9.95. The van der Waals surface area contributed by atoms with Crippen LogP contribution >= 0.6 is 0 Å². The molecule has 54 heavy (non-hydrogen) atoms. The molecule has 0 radical (unpaired) electrons. The summed E-state index contributed by atoms with van der Waals surface area (Å²) in [5, 5.41) is 20.3. The molecule has 0 fully saturated rings. The molecule has 0 unspecified atom stereocenters. The Morgan fingerprint density at radius 1 is 0.315 bits per heavy atom. The zero-order valence-electron chi connectivity index (χ0n) is 29.0. The van der Waals surface area contributed by atoms with Crippen LogP contribution in [0.5, 0.6) is 0 Å². The lowest BCUT2D eigenvalue weighted by atomic mass is 9.88. The number of halogens is 1. The normalized spacial score (nSPS) is 12.5. The molecular weight excluding hydrogens is 658 g/mol. The van der Waals surface area contributed by atoms with Crippen molar-refractivity contribution in [2.45, 2.75) is 0 Å². The second-order valence-electron chi connectivity index (χ2n) is 15.0. The Morgan fingerprint density at radius 3 is 1.09 bits per heavy atom.